The Morgan fingerprint density at radius 1 is 1.33 bits per heavy atom. The summed E-state index contributed by atoms with van der Waals surface area (Å²) < 4.78 is 0. The van der Waals surface area contributed by atoms with Crippen LogP contribution < -0.4 is 0 Å². The fourth-order valence-corrected chi connectivity index (χ4v) is 2.72. The van der Waals surface area contributed by atoms with Gasteiger partial charge in [-0.25, -0.2) is 0 Å². The van der Waals surface area contributed by atoms with Crippen molar-refractivity contribution in [2.24, 2.45) is 5.41 Å². The first kappa shape index (κ1) is 17.5. The molecule has 1 heteroatoms. The van der Waals surface area contributed by atoms with Crippen LogP contribution in [0.1, 0.15) is 53.9 Å². The Bertz CT molecular complexity index is 542. The number of allylic oxidation sites excluding steroid dienone is 7. The van der Waals surface area contributed by atoms with Crippen molar-refractivity contribution in [1.29, 1.82) is 0 Å². The summed E-state index contributed by atoms with van der Waals surface area (Å²) in [6.07, 6.45) is 11.8. The Balaban J connectivity index is 2.82. The molecule has 0 saturated heterocycles. The summed E-state index contributed by atoms with van der Waals surface area (Å²) in [6.45, 7) is 10.9. The van der Waals surface area contributed by atoms with E-state index < -0.39 is 0 Å². The molecule has 1 aliphatic carbocycles. The highest BCUT2D eigenvalue weighted by molar-refractivity contribution is 5.39. The quantitative estimate of drug-likeness (QED) is 0.574. The molecular weight excluding hydrogens is 256 g/mol. The molecule has 0 aliphatic heterocycles. The topological polar surface area (TPSA) is 20.2 Å². The van der Waals surface area contributed by atoms with Crippen molar-refractivity contribution < 1.29 is 5.11 Å². The maximum Gasteiger partial charge on any atom is 0.0624 e. The summed E-state index contributed by atoms with van der Waals surface area (Å²) >= 11 is 0. The van der Waals surface area contributed by atoms with Crippen LogP contribution in [0.3, 0.4) is 0 Å². The van der Waals surface area contributed by atoms with Crippen LogP contribution in [0.4, 0.5) is 0 Å². The molecule has 0 aromatic rings. The molecule has 0 saturated carbocycles. The van der Waals surface area contributed by atoms with E-state index in [-0.39, 0.29) is 12.0 Å². The lowest BCUT2D eigenvalue weighted by atomic mass is 9.72. The van der Waals surface area contributed by atoms with Crippen LogP contribution in [0.5, 0.6) is 0 Å². The first-order valence-electron chi connectivity index (χ1n) is 7.71. The first-order chi connectivity index (χ1) is 9.86. The van der Waals surface area contributed by atoms with Crippen LogP contribution in [-0.2, 0) is 0 Å². The van der Waals surface area contributed by atoms with Crippen LogP contribution in [0, 0.1) is 17.3 Å². The van der Waals surface area contributed by atoms with Crippen molar-refractivity contribution in [2.75, 3.05) is 6.61 Å². The average Bonchev–Trinajstić information content (AvgIpc) is 2.37. The van der Waals surface area contributed by atoms with E-state index >= 15 is 0 Å². The third-order valence-corrected chi connectivity index (χ3v) is 4.02. The van der Waals surface area contributed by atoms with Gasteiger partial charge in [0.2, 0.25) is 0 Å². The molecule has 1 nitrogen and oxygen atoms in total. The van der Waals surface area contributed by atoms with E-state index in [9.17, 15) is 0 Å². The minimum atomic E-state index is 0.0472. The van der Waals surface area contributed by atoms with Gasteiger partial charge in [0.15, 0.2) is 0 Å². The van der Waals surface area contributed by atoms with E-state index in [1.165, 1.54) is 30.4 Å². The van der Waals surface area contributed by atoms with Gasteiger partial charge >= 0.3 is 0 Å². The summed E-state index contributed by atoms with van der Waals surface area (Å²) in [7, 11) is 0. The van der Waals surface area contributed by atoms with Crippen molar-refractivity contribution in [3.05, 3.63) is 46.6 Å². The van der Waals surface area contributed by atoms with Gasteiger partial charge in [0.05, 0.1) is 6.61 Å². The summed E-state index contributed by atoms with van der Waals surface area (Å²) in [4.78, 5) is 0. The Morgan fingerprint density at radius 2 is 2.05 bits per heavy atom. The van der Waals surface area contributed by atoms with E-state index in [1.54, 1.807) is 6.08 Å². The summed E-state index contributed by atoms with van der Waals surface area (Å²) in [6, 6.07) is 0. The zero-order chi connectivity index (χ0) is 15.9. The van der Waals surface area contributed by atoms with Gasteiger partial charge in [0, 0.05) is 0 Å². The van der Waals surface area contributed by atoms with Gasteiger partial charge in [-0.1, -0.05) is 43.4 Å². The lowest BCUT2D eigenvalue weighted by molar-refractivity contribution is 0.342. The monoisotopic (exact) mass is 284 g/mol. The van der Waals surface area contributed by atoms with Crippen LogP contribution >= 0.6 is 0 Å². The fraction of sp³-hybridized carbons (Fsp3) is 0.500. The normalized spacial score (nSPS) is 19.7. The largest absolute Gasteiger partial charge is 0.392 e. The standard InChI is InChI=1S/C20H28O/c1-16(8-6-9-17(2)13-15-21)11-12-19-18(3)10-7-14-20(19,4)5/h8,11-13,21H,7,10,14-15H2,1-5H3. The molecule has 1 rings (SSSR count). The molecule has 0 fully saturated rings. The molecule has 0 atom stereocenters. The maximum atomic E-state index is 8.77. The van der Waals surface area contributed by atoms with Crippen molar-refractivity contribution in [3.8, 4) is 11.8 Å². The molecule has 114 valence electrons. The second-order valence-corrected chi connectivity index (χ2v) is 6.49. The van der Waals surface area contributed by atoms with Gasteiger partial charge in [-0.3, -0.25) is 0 Å². The van der Waals surface area contributed by atoms with Gasteiger partial charge in [-0.05, 0) is 74.3 Å². The summed E-state index contributed by atoms with van der Waals surface area (Å²) in [5.74, 6) is 6.04. The highest BCUT2D eigenvalue weighted by atomic mass is 16.2. The lowest BCUT2D eigenvalue weighted by Gasteiger charge is -2.32. The average molecular weight is 284 g/mol. The first-order valence-corrected chi connectivity index (χ1v) is 7.71. The number of aliphatic hydroxyl groups excluding tert-OH is 1. The maximum absolute atomic E-state index is 8.77. The van der Waals surface area contributed by atoms with E-state index in [2.05, 4.69) is 51.7 Å². The molecule has 0 aromatic carbocycles. The van der Waals surface area contributed by atoms with Gasteiger partial charge < -0.3 is 5.11 Å². The number of hydrogen-bond donors (Lipinski definition) is 1. The van der Waals surface area contributed by atoms with E-state index in [0.29, 0.717) is 0 Å². The smallest absolute Gasteiger partial charge is 0.0624 e. The highest BCUT2D eigenvalue weighted by Gasteiger charge is 2.26. The molecule has 0 unspecified atom stereocenters. The van der Waals surface area contributed by atoms with Gasteiger partial charge in [-0.2, -0.15) is 0 Å². The van der Waals surface area contributed by atoms with Crippen molar-refractivity contribution in [1.82, 2.24) is 0 Å². The Hall–Kier alpha value is -1.52. The molecule has 0 aromatic heterocycles. The van der Waals surface area contributed by atoms with E-state index in [4.69, 9.17) is 5.11 Å². The zero-order valence-electron chi connectivity index (χ0n) is 14.1. The molecule has 0 amide bonds. The summed E-state index contributed by atoms with van der Waals surface area (Å²) in [5, 5.41) is 8.77. The molecule has 0 radical (unpaired) electrons. The SMILES string of the molecule is CC(C#CC=C(C)C=CC1=C(C)CCCC1(C)C)=CCO. The van der Waals surface area contributed by atoms with Crippen LogP contribution in [0.15, 0.2) is 46.6 Å². The molecule has 0 bridgehead atoms. The van der Waals surface area contributed by atoms with E-state index in [1.807, 2.05) is 13.0 Å². The molecule has 1 N–H and O–H groups in total. The lowest BCUT2D eigenvalue weighted by Crippen LogP contribution is -2.19. The fourth-order valence-electron chi connectivity index (χ4n) is 2.72. The number of rotatable bonds is 3. The minimum Gasteiger partial charge on any atom is -0.392 e. The van der Waals surface area contributed by atoms with Crippen molar-refractivity contribution in [3.63, 3.8) is 0 Å². The molecule has 21 heavy (non-hydrogen) atoms. The Kier molecular flexibility index (Phi) is 6.72. The second-order valence-electron chi connectivity index (χ2n) is 6.49. The summed E-state index contributed by atoms with van der Waals surface area (Å²) in [5.41, 5.74) is 5.33. The molecule has 0 spiro atoms. The van der Waals surface area contributed by atoms with Crippen molar-refractivity contribution >= 4 is 0 Å². The van der Waals surface area contributed by atoms with Gasteiger partial charge in [-0.15, -0.1) is 0 Å². The predicted molar refractivity (Wildman–Crippen MR) is 91.8 cm³/mol. The predicted octanol–water partition coefficient (Wildman–Crippen LogP) is 4.96. The van der Waals surface area contributed by atoms with Crippen molar-refractivity contribution in [2.45, 2.75) is 53.9 Å². The zero-order valence-corrected chi connectivity index (χ0v) is 14.1. The number of hydrogen-bond acceptors (Lipinski definition) is 1. The van der Waals surface area contributed by atoms with Crippen LogP contribution in [0.2, 0.25) is 0 Å². The van der Waals surface area contributed by atoms with E-state index in [0.717, 1.165) is 11.1 Å². The molecular formula is C20H28O. The van der Waals surface area contributed by atoms with Gasteiger partial charge in [0.25, 0.3) is 0 Å². The molecule has 1 aliphatic rings. The van der Waals surface area contributed by atoms with Gasteiger partial charge in [0.1, 0.15) is 0 Å². The third kappa shape index (κ3) is 5.78. The number of aliphatic hydroxyl groups is 1. The highest BCUT2D eigenvalue weighted by Crippen LogP contribution is 2.40. The molecule has 0 heterocycles. The van der Waals surface area contributed by atoms with Crippen LogP contribution in [0.25, 0.3) is 0 Å². The third-order valence-electron chi connectivity index (χ3n) is 4.02. The van der Waals surface area contributed by atoms with Crippen LogP contribution in [-0.4, -0.2) is 11.7 Å². The minimum absolute atomic E-state index is 0.0472. The Morgan fingerprint density at radius 3 is 2.67 bits per heavy atom. The Labute approximate surface area is 130 Å². The second kappa shape index (κ2) is 8.05.